The summed E-state index contributed by atoms with van der Waals surface area (Å²) in [5, 5.41) is 0. The second-order valence-corrected chi connectivity index (χ2v) is 1.59. The van der Waals surface area contributed by atoms with Crippen molar-refractivity contribution in [3.8, 4) is 0 Å². The summed E-state index contributed by atoms with van der Waals surface area (Å²) in [7, 11) is 1.64. The van der Waals surface area contributed by atoms with E-state index in [9.17, 15) is 0 Å². The molecule has 0 atom stereocenters. The summed E-state index contributed by atoms with van der Waals surface area (Å²) in [6.45, 7) is 0. The molecule has 0 spiro atoms. The van der Waals surface area contributed by atoms with Crippen LogP contribution in [0.1, 0.15) is 0 Å². The van der Waals surface area contributed by atoms with Gasteiger partial charge < -0.3 is 0 Å². The largest absolute Gasteiger partial charge is 0.265 e. The molecule has 0 fully saturated rings. The van der Waals surface area contributed by atoms with Crippen molar-refractivity contribution in [1.82, 2.24) is 9.82 Å². The summed E-state index contributed by atoms with van der Waals surface area (Å²) in [6.07, 6.45) is 3.50. The molecule has 1 N–H and O–H groups in total. The van der Waals surface area contributed by atoms with E-state index >= 15 is 0 Å². The quantitative estimate of drug-likeness (QED) is 0.618. The van der Waals surface area contributed by atoms with Gasteiger partial charge in [0.2, 0.25) is 0 Å². The van der Waals surface area contributed by atoms with Crippen LogP contribution in [-0.4, -0.2) is 12.0 Å². The van der Waals surface area contributed by atoms with Crippen molar-refractivity contribution in [2.75, 3.05) is 7.05 Å². The molecule has 0 aliphatic rings. The lowest BCUT2D eigenvalue weighted by atomic mass is 10.5. The van der Waals surface area contributed by atoms with Crippen LogP contribution in [0.15, 0.2) is 30.6 Å². The fourth-order valence-corrected chi connectivity index (χ4v) is 0.313. The molecule has 0 aliphatic heterocycles. The van der Waals surface area contributed by atoms with Gasteiger partial charge in [0.05, 0.1) is 0 Å². The van der Waals surface area contributed by atoms with E-state index in [-0.39, 0.29) is 12.4 Å². The SMILES string of the molecule is CNCl.Cl.c1ccncc1. The third-order valence-electron chi connectivity index (χ3n) is 0.566. The Balaban J connectivity index is 0. The van der Waals surface area contributed by atoms with Gasteiger partial charge in [0, 0.05) is 12.4 Å². The zero-order chi connectivity index (χ0) is 6.95. The van der Waals surface area contributed by atoms with Gasteiger partial charge in [-0.3, -0.25) is 4.98 Å². The molecule has 1 aromatic rings. The van der Waals surface area contributed by atoms with E-state index < -0.39 is 0 Å². The predicted octanol–water partition coefficient (Wildman–Crippen LogP) is 1.86. The van der Waals surface area contributed by atoms with Crippen LogP contribution >= 0.6 is 24.2 Å². The molecule has 1 rings (SSSR count). The molecule has 0 radical (unpaired) electrons. The van der Waals surface area contributed by atoms with Crippen molar-refractivity contribution in [2.24, 2.45) is 0 Å². The molecule has 0 bridgehead atoms. The van der Waals surface area contributed by atoms with Crippen molar-refractivity contribution >= 4 is 24.2 Å². The van der Waals surface area contributed by atoms with Gasteiger partial charge in [0.25, 0.3) is 0 Å². The third-order valence-corrected chi connectivity index (χ3v) is 0.566. The molecular weight excluding hydrogens is 171 g/mol. The molecule has 0 aromatic carbocycles. The highest BCUT2D eigenvalue weighted by Gasteiger charge is 1.58. The molecule has 4 heteroatoms. The van der Waals surface area contributed by atoms with Crippen LogP contribution in [0.5, 0.6) is 0 Å². The molecule has 0 unspecified atom stereocenters. The lowest BCUT2D eigenvalue weighted by molar-refractivity contribution is 1.28. The van der Waals surface area contributed by atoms with E-state index in [0.717, 1.165) is 0 Å². The van der Waals surface area contributed by atoms with E-state index in [1.54, 1.807) is 19.4 Å². The van der Waals surface area contributed by atoms with Gasteiger partial charge >= 0.3 is 0 Å². The van der Waals surface area contributed by atoms with Crippen LogP contribution in [0.25, 0.3) is 0 Å². The Hall–Kier alpha value is -0.310. The summed E-state index contributed by atoms with van der Waals surface area (Å²) < 4.78 is 0. The number of nitrogens with one attached hydrogen (secondary N) is 1. The fraction of sp³-hybridized carbons (Fsp3) is 0.167. The molecule has 1 heterocycles. The van der Waals surface area contributed by atoms with Gasteiger partial charge in [-0.2, -0.15) is 0 Å². The minimum absolute atomic E-state index is 0. The fourth-order valence-electron chi connectivity index (χ4n) is 0.313. The van der Waals surface area contributed by atoms with E-state index in [0.29, 0.717) is 0 Å². The first kappa shape index (κ1) is 12.4. The number of hydrogen-bond acceptors (Lipinski definition) is 2. The molecular formula is C6H10Cl2N2. The lowest BCUT2D eigenvalue weighted by Gasteiger charge is -1.70. The Morgan fingerprint density at radius 3 is 1.70 bits per heavy atom. The smallest absolute Gasteiger partial charge is 0.0267 e. The minimum Gasteiger partial charge on any atom is -0.265 e. The lowest BCUT2D eigenvalue weighted by Crippen LogP contribution is -1.76. The maximum absolute atomic E-state index is 4.75. The second-order valence-electron chi connectivity index (χ2n) is 1.21. The summed E-state index contributed by atoms with van der Waals surface area (Å²) in [6, 6.07) is 5.72. The van der Waals surface area contributed by atoms with Crippen molar-refractivity contribution in [1.29, 1.82) is 0 Å². The molecule has 1 aromatic heterocycles. The molecule has 2 nitrogen and oxygen atoms in total. The van der Waals surface area contributed by atoms with E-state index in [4.69, 9.17) is 11.8 Å². The van der Waals surface area contributed by atoms with Gasteiger partial charge in [-0.15, -0.1) is 12.4 Å². The van der Waals surface area contributed by atoms with Gasteiger partial charge in [0.15, 0.2) is 0 Å². The minimum atomic E-state index is 0. The van der Waals surface area contributed by atoms with Crippen molar-refractivity contribution < 1.29 is 0 Å². The number of hydrogen-bond donors (Lipinski definition) is 1. The third kappa shape index (κ3) is 10.6. The Morgan fingerprint density at radius 1 is 1.20 bits per heavy atom. The maximum Gasteiger partial charge on any atom is 0.0267 e. The van der Waals surface area contributed by atoms with Gasteiger partial charge in [-0.05, 0) is 31.0 Å². The van der Waals surface area contributed by atoms with E-state index in [2.05, 4.69) is 9.82 Å². The molecule has 0 saturated carbocycles. The predicted molar refractivity (Wildman–Crippen MR) is 46.4 cm³/mol. The van der Waals surface area contributed by atoms with Crippen LogP contribution in [0.4, 0.5) is 0 Å². The summed E-state index contributed by atoms with van der Waals surface area (Å²) >= 11 is 4.75. The summed E-state index contributed by atoms with van der Waals surface area (Å²) in [5.41, 5.74) is 0. The van der Waals surface area contributed by atoms with Crippen molar-refractivity contribution in [3.63, 3.8) is 0 Å². The molecule has 10 heavy (non-hydrogen) atoms. The van der Waals surface area contributed by atoms with Crippen molar-refractivity contribution in [3.05, 3.63) is 30.6 Å². The Labute approximate surface area is 72.1 Å². The first-order chi connectivity index (χ1) is 4.41. The zero-order valence-corrected chi connectivity index (χ0v) is 7.19. The Bertz CT molecular complexity index is 96.6. The van der Waals surface area contributed by atoms with Crippen molar-refractivity contribution in [2.45, 2.75) is 0 Å². The number of halogens is 2. The zero-order valence-electron chi connectivity index (χ0n) is 5.62. The van der Waals surface area contributed by atoms with Crippen LogP contribution in [0.3, 0.4) is 0 Å². The monoisotopic (exact) mass is 180 g/mol. The van der Waals surface area contributed by atoms with Gasteiger partial charge in [0.1, 0.15) is 0 Å². The maximum atomic E-state index is 4.75. The van der Waals surface area contributed by atoms with Crippen LogP contribution in [-0.2, 0) is 0 Å². The van der Waals surface area contributed by atoms with Crippen LogP contribution in [0.2, 0.25) is 0 Å². The van der Waals surface area contributed by atoms with E-state index in [1.165, 1.54) is 0 Å². The Kier molecular flexibility index (Phi) is 14.2. The van der Waals surface area contributed by atoms with Gasteiger partial charge in [-0.1, -0.05) is 6.07 Å². The van der Waals surface area contributed by atoms with Crippen LogP contribution in [0, 0.1) is 0 Å². The number of pyridine rings is 1. The normalized spacial score (nSPS) is 6.60. The average Bonchev–Trinajstić information content (AvgIpc) is 1.93. The standard InChI is InChI=1S/C5H5N.CH4ClN.ClH/c1-2-4-6-5-3-1;1-3-2;/h1-5H;3H,1H3;1H. The van der Waals surface area contributed by atoms with E-state index in [1.807, 2.05) is 18.2 Å². The molecule has 0 saturated heterocycles. The summed E-state index contributed by atoms with van der Waals surface area (Å²) in [5.74, 6) is 0. The first-order valence-corrected chi connectivity index (χ1v) is 2.92. The highest BCUT2D eigenvalue weighted by Crippen LogP contribution is 1.73. The summed E-state index contributed by atoms with van der Waals surface area (Å²) in [4.78, 5) is 6.01. The highest BCUT2D eigenvalue weighted by atomic mass is 35.5. The highest BCUT2D eigenvalue weighted by molar-refractivity contribution is 6.13. The molecule has 58 valence electrons. The average molecular weight is 181 g/mol. The first-order valence-electron chi connectivity index (χ1n) is 2.54. The topological polar surface area (TPSA) is 24.9 Å². The number of aromatic nitrogens is 1. The number of nitrogens with zero attached hydrogens (tertiary/aromatic N) is 1. The van der Waals surface area contributed by atoms with Crippen LogP contribution < -0.4 is 4.84 Å². The van der Waals surface area contributed by atoms with Gasteiger partial charge in [-0.25, -0.2) is 4.84 Å². The Morgan fingerprint density at radius 2 is 1.60 bits per heavy atom. The number of rotatable bonds is 0. The second kappa shape index (κ2) is 11.5. The molecule has 0 aliphatic carbocycles. The molecule has 0 amide bonds.